The Hall–Kier alpha value is -0.630. The third-order valence-electron chi connectivity index (χ3n) is 4.60. The minimum absolute atomic E-state index is 0.203. The van der Waals surface area contributed by atoms with E-state index < -0.39 is 25.7 Å². The van der Waals surface area contributed by atoms with Gasteiger partial charge in [-0.05, 0) is 6.42 Å². The van der Waals surface area contributed by atoms with Gasteiger partial charge in [-0.1, -0.05) is 58.3 Å². The molecule has 0 aromatic carbocycles. The molecule has 180 valence electrons. The van der Waals surface area contributed by atoms with Crippen LogP contribution in [0.25, 0.3) is 0 Å². The molecule has 30 heavy (non-hydrogen) atoms. The van der Waals surface area contributed by atoms with Gasteiger partial charge in [-0.25, -0.2) is 0 Å². The molecule has 10 heteroatoms. The van der Waals surface area contributed by atoms with Gasteiger partial charge < -0.3 is 18.8 Å². The molecule has 0 spiro atoms. The molecule has 2 unspecified atom stereocenters. The van der Waals surface area contributed by atoms with Gasteiger partial charge in [-0.2, -0.15) is 13.2 Å². The van der Waals surface area contributed by atoms with Crippen molar-refractivity contribution in [2.45, 2.75) is 76.9 Å². The highest BCUT2D eigenvalue weighted by molar-refractivity contribution is 7.52. The summed E-state index contributed by atoms with van der Waals surface area (Å²) in [6.07, 6.45) is 3.77. The number of nitrogens with one attached hydrogen (secondary N) is 1. The lowest BCUT2D eigenvalue weighted by atomic mass is 10.0. The smallest absolute Gasteiger partial charge is 0.343 e. The number of hydrogen-bond acceptors (Lipinski definition) is 4. The maximum atomic E-state index is 12.6. The van der Waals surface area contributed by atoms with Crippen LogP contribution in [0.2, 0.25) is 0 Å². The number of amides is 1. The normalized spacial score (nSPS) is 15.6. The van der Waals surface area contributed by atoms with Crippen LogP contribution in [0.3, 0.4) is 0 Å². The van der Waals surface area contributed by atoms with E-state index in [-0.39, 0.29) is 13.2 Å². The van der Waals surface area contributed by atoms with Gasteiger partial charge in [0.2, 0.25) is 0 Å². The van der Waals surface area contributed by atoms with E-state index in [1.54, 1.807) is 0 Å². The maximum absolute atomic E-state index is 12.6. The Kier molecular flexibility index (Phi) is 14.1. The van der Waals surface area contributed by atoms with Crippen molar-refractivity contribution in [3.05, 3.63) is 0 Å². The van der Waals surface area contributed by atoms with E-state index in [1.807, 2.05) is 26.5 Å². The number of alkyl halides is 3. The third-order valence-corrected chi connectivity index (χ3v) is 5.87. The molecule has 0 fully saturated rings. The Morgan fingerprint density at radius 3 is 2.03 bits per heavy atom. The first-order valence-electron chi connectivity index (χ1n) is 10.8. The third kappa shape index (κ3) is 17.1. The standard InChI is InChI=1S/C20H40F3N2O4P/c1-6-7-8-9-10-11-12-13-14-18(24-19(26)20(21,22)23)17-29-30(5,27)28-16-15-25(2,3)4/h18H,6-17H2,1-5H3/p+1. The van der Waals surface area contributed by atoms with Gasteiger partial charge in [0.25, 0.3) is 0 Å². The predicted molar refractivity (Wildman–Crippen MR) is 114 cm³/mol. The first kappa shape index (κ1) is 29.4. The summed E-state index contributed by atoms with van der Waals surface area (Å²) in [5.41, 5.74) is 0. The Morgan fingerprint density at radius 2 is 1.53 bits per heavy atom. The summed E-state index contributed by atoms with van der Waals surface area (Å²) in [5, 5.41) is 1.96. The molecule has 0 radical (unpaired) electrons. The van der Waals surface area contributed by atoms with Gasteiger partial charge in [0.05, 0.1) is 33.8 Å². The number of nitrogens with zero attached hydrogens (tertiary/aromatic N) is 1. The lowest BCUT2D eigenvalue weighted by Gasteiger charge is -2.25. The first-order chi connectivity index (χ1) is 13.8. The van der Waals surface area contributed by atoms with Crippen LogP contribution in [-0.2, 0) is 18.4 Å². The second-order valence-corrected chi connectivity index (χ2v) is 10.9. The number of unbranched alkanes of at least 4 members (excludes halogenated alkanes) is 7. The van der Waals surface area contributed by atoms with Crippen molar-refractivity contribution in [3.63, 3.8) is 0 Å². The Morgan fingerprint density at radius 1 is 1.00 bits per heavy atom. The summed E-state index contributed by atoms with van der Waals surface area (Å²) in [6.45, 7) is 3.97. The molecule has 6 nitrogen and oxygen atoms in total. The van der Waals surface area contributed by atoms with Crippen LogP contribution in [0, 0.1) is 0 Å². The molecule has 1 N–H and O–H groups in total. The Labute approximate surface area is 180 Å². The highest BCUT2D eigenvalue weighted by Gasteiger charge is 2.39. The molecule has 2 atom stereocenters. The molecule has 1 amide bonds. The fourth-order valence-electron chi connectivity index (χ4n) is 2.73. The summed E-state index contributed by atoms with van der Waals surface area (Å²) in [6, 6.07) is -0.866. The van der Waals surface area contributed by atoms with E-state index in [1.165, 1.54) is 25.9 Å². The summed E-state index contributed by atoms with van der Waals surface area (Å²) in [7, 11) is 2.45. The van der Waals surface area contributed by atoms with Crippen molar-refractivity contribution in [3.8, 4) is 0 Å². The number of hydrogen-bond donors (Lipinski definition) is 1. The van der Waals surface area contributed by atoms with Crippen molar-refractivity contribution in [2.75, 3.05) is 47.6 Å². The lowest BCUT2D eigenvalue weighted by Crippen LogP contribution is -2.45. The number of carbonyl (C=O) groups excluding carboxylic acids is 1. The van der Waals surface area contributed by atoms with Gasteiger partial charge >= 0.3 is 19.7 Å². The fraction of sp³-hybridized carbons (Fsp3) is 0.950. The van der Waals surface area contributed by atoms with E-state index in [0.717, 1.165) is 25.7 Å². The average molecular weight is 462 g/mol. The lowest BCUT2D eigenvalue weighted by molar-refractivity contribution is -0.870. The van der Waals surface area contributed by atoms with Gasteiger partial charge in [0, 0.05) is 6.66 Å². The van der Waals surface area contributed by atoms with Crippen LogP contribution in [0.1, 0.15) is 64.7 Å². The predicted octanol–water partition coefficient (Wildman–Crippen LogP) is 5.13. The number of carbonyl (C=O) groups is 1. The molecule has 0 rings (SSSR count). The maximum Gasteiger partial charge on any atom is 0.471 e. The number of halogens is 3. The van der Waals surface area contributed by atoms with Gasteiger partial charge in [0.15, 0.2) is 0 Å². The molecule has 0 heterocycles. The fourth-order valence-corrected chi connectivity index (χ4v) is 3.67. The van der Waals surface area contributed by atoms with Crippen molar-refractivity contribution >= 4 is 13.5 Å². The zero-order chi connectivity index (χ0) is 23.3. The second-order valence-electron chi connectivity index (χ2n) is 8.85. The van der Waals surface area contributed by atoms with Crippen molar-refractivity contribution in [2.24, 2.45) is 0 Å². The highest BCUT2D eigenvalue weighted by Crippen LogP contribution is 2.43. The summed E-state index contributed by atoms with van der Waals surface area (Å²) in [4.78, 5) is 11.3. The molecule has 0 aliphatic carbocycles. The minimum Gasteiger partial charge on any atom is -0.343 e. The zero-order valence-electron chi connectivity index (χ0n) is 19.2. The summed E-state index contributed by atoms with van der Waals surface area (Å²) in [5.74, 6) is -2.01. The Bertz CT molecular complexity index is 525. The van der Waals surface area contributed by atoms with Gasteiger partial charge in [0.1, 0.15) is 13.2 Å². The van der Waals surface area contributed by atoms with Crippen LogP contribution in [0.15, 0.2) is 0 Å². The van der Waals surface area contributed by atoms with Crippen molar-refractivity contribution in [1.82, 2.24) is 5.32 Å². The molecule has 0 aromatic heterocycles. The molecule has 0 bridgehead atoms. The molecule has 0 aliphatic heterocycles. The van der Waals surface area contributed by atoms with E-state index in [2.05, 4.69) is 6.92 Å². The molecule has 0 aromatic rings. The van der Waals surface area contributed by atoms with E-state index in [0.29, 0.717) is 23.9 Å². The minimum atomic E-state index is -4.96. The van der Waals surface area contributed by atoms with Crippen molar-refractivity contribution < 1.29 is 36.1 Å². The van der Waals surface area contributed by atoms with Crippen LogP contribution in [0.4, 0.5) is 13.2 Å². The largest absolute Gasteiger partial charge is 0.471 e. The van der Waals surface area contributed by atoms with Gasteiger partial charge in [-0.3, -0.25) is 9.36 Å². The number of rotatable bonds is 17. The molecular formula is C20H41F3N2O4P+. The van der Waals surface area contributed by atoms with Crippen LogP contribution in [-0.4, -0.2) is 70.2 Å². The van der Waals surface area contributed by atoms with E-state index in [9.17, 15) is 22.5 Å². The SMILES string of the molecule is CCCCCCCCCCC(COP(C)(=O)OCC[N+](C)(C)C)NC(=O)C(F)(F)F. The first-order valence-corrected chi connectivity index (χ1v) is 12.8. The Balaban J connectivity index is 4.48. The molecule has 0 saturated carbocycles. The number of likely N-dealkylation sites (N-methyl/N-ethyl adjacent to an activating group) is 1. The van der Waals surface area contributed by atoms with Crippen LogP contribution < -0.4 is 5.32 Å². The number of quaternary nitrogens is 1. The highest BCUT2D eigenvalue weighted by atomic mass is 31.2. The van der Waals surface area contributed by atoms with Gasteiger partial charge in [-0.15, -0.1) is 0 Å². The molecular weight excluding hydrogens is 420 g/mol. The second kappa shape index (κ2) is 14.4. The summed E-state index contributed by atoms with van der Waals surface area (Å²) >= 11 is 0. The van der Waals surface area contributed by atoms with Crippen LogP contribution >= 0.6 is 7.60 Å². The van der Waals surface area contributed by atoms with E-state index >= 15 is 0 Å². The van der Waals surface area contributed by atoms with Crippen molar-refractivity contribution in [1.29, 1.82) is 0 Å². The summed E-state index contributed by atoms with van der Waals surface area (Å²) < 4.78 is 61.5. The van der Waals surface area contributed by atoms with Crippen LogP contribution in [0.5, 0.6) is 0 Å². The van der Waals surface area contributed by atoms with E-state index in [4.69, 9.17) is 9.05 Å². The molecule has 0 aliphatic rings. The molecule has 0 saturated heterocycles. The quantitative estimate of drug-likeness (QED) is 0.185. The monoisotopic (exact) mass is 461 g/mol. The topological polar surface area (TPSA) is 64.6 Å². The average Bonchev–Trinajstić information content (AvgIpc) is 2.59. The zero-order valence-corrected chi connectivity index (χ0v) is 20.1.